The normalized spacial score (nSPS) is 14.3. The molecule has 29 heavy (non-hydrogen) atoms. The number of rotatable bonds is 6. The molecule has 0 aromatic heterocycles. The van der Waals surface area contributed by atoms with Crippen LogP contribution >= 0.6 is 0 Å². The lowest BCUT2D eigenvalue weighted by atomic mass is 9.89. The lowest BCUT2D eigenvalue weighted by Crippen LogP contribution is -2.28. The molecule has 3 rings (SSSR count). The fourth-order valence-corrected chi connectivity index (χ4v) is 3.51. The molecule has 1 unspecified atom stereocenters. The topological polar surface area (TPSA) is 82.0 Å². The van der Waals surface area contributed by atoms with Gasteiger partial charge in [-0.2, -0.15) is 5.26 Å². The van der Waals surface area contributed by atoms with Crippen LogP contribution in [0.4, 0.5) is 5.69 Å². The molecule has 2 aromatic carbocycles. The van der Waals surface area contributed by atoms with Crippen LogP contribution in [0.2, 0.25) is 0 Å². The Morgan fingerprint density at radius 1 is 1.10 bits per heavy atom. The molecule has 0 saturated heterocycles. The fourth-order valence-electron chi connectivity index (χ4n) is 3.51. The van der Waals surface area contributed by atoms with E-state index in [4.69, 9.17) is 0 Å². The monoisotopic (exact) mass is 387 g/mol. The van der Waals surface area contributed by atoms with E-state index in [1.165, 1.54) is 37.1 Å². The molecule has 0 radical (unpaired) electrons. The highest BCUT2D eigenvalue weighted by Crippen LogP contribution is 2.25. The van der Waals surface area contributed by atoms with Crippen molar-refractivity contribution >= 4 is 17.4 Å². The van der Waals surface area contributed by atoms with Gasteiger partial charge in [0.15, 0.2) is 5.78 Å². The highest BCUT2D eigenvalue weighted by Gasteiger charge is 2.16. The van der Waals surface area contributed by atoms with Gasteiger partial charge in [-0.25, -0.2) is 0 Å². The number of anilines is 1. The van der Waals surface area contributed by atoms with E-state index in [1.54, 1.807) is 24.3 Å². The Balaban J connectivity index is 1.68. The molecule has 148 valence electrons. The van der Waals surface area contributed by atoms with Crippen molar-refractivity contribution in [1.29, 1.82) is 5.26 Å². The molecule has 0 bridgehead atoms. The van der Waals surface area contributed by atoms with E-state index < -0.39 is 5.91 Å². The van der Waals surface area contributed by atoms with E-state index in [2.05, 4.69) is 28.8 Å². The van der Waals surface area contributed by atoms with Gasteiger partial charge in [0, 0.05) is 17.5 Å². The standard InChI is InChI=1S/C24H25N3O2/c1-16(19-11-10-18-6-3-4-7-21(18)12-19)27-24(29)22(14-25)15-26-23-9-5-8-20(13-23)17(2)28/h5,8-13,15-16,26H,3-4,6-7H2,1-2H3,(H,27,29)/b22-15-. The lowest BCUT2D eigenvalue weighted by Gasteiger charge is -2.20. The number of nitrogens with one attached hydrogen (secondary N) is 2. The SMILES string of the molecule is CC(=O)c1cccc(N/C=C(/C#N)C(=O)NC(C)c2ccc3c(c2)CCCC3)c1. The molecule has 0 saturated carbocycles. The van der Waals surface area contributed by atoms with Gasteiger partial charge in [0.1, 0.15) is 11.6 Å². The number of amides is 1. The minimum absolute atomic E-state index is 0.0250. The second-order valence-corrected chi connectivity index (χ2v) is 7.38. The first kappa shape index (κ1) is 20.3. The summed E-state index contributed by atoms with van der Waals surface area (Å²) in [5, 5.41) is 15.2. The number of carbonyl (C=O) groups is 2. The summed E-state index contributed by atoms with van der Waals surface area (Å²) < 4.78 is 0. The predicted octanol–water partition coefficient (Wildman–Crippen LogP) is 4.46. The largest absolute Gasteiger partial charge is 0.360 e. The summed E-state index contributed by atoms with van der Waals surface area (Å²) in [6, 6.07) is 15.0. The molecular formula is C24H25N3O2. The van der Waals surface area contributed by atoms with E-state index in [-0.39, 0.29) is 17.4 Å². The third-order valence-corrected chi connectivity index (χ3v) is 5.24. The van der Waals surface area contributed by atoms with Gasteiger partial charge in [0.25, 0.3) is 5.91 Å². The lowest BCUT2D eigenvalue weighted by molar-refractivity contribution is -0.117. The second-order valence-electron chi connectivity index (χ2n) is 7.38. The van der Waals surface area contributed by atoms with Crippen molar-refractivity contribution in [2.24, 2.45) is 0 Å². The maximum Gasteiger partial charge on any atom is 0.263 e. The first-order valence-corrected chi connectivity index (χ1v) is 9.88. The van der Waals surface area contributed by atoms with Crippen molar-refractivity contribution in [2.75, 3.05) is 5.32 Å². The molecule has 0 aliphatic heterocycles. The minimum Gasteiger partial charge on any atom is -0.360 e. The van der Waals surface area contributed by atoms with Crippen LogP contribution in [-0.2, 0) is 17.6 Å². The number of nitriles is 1. The quantitative estimate of drug-likeness (QED) is 0.435. The summed E-state index contributed by atoms with van der Waals surface area (Å²) in [4.78, 5) is 24.0. The molecule has 5 nitrogen and oxygen atoms in total. The van der Waals surface area contributed by atoms with Gasteiger partial charge in [-0.1, -0.05) is 30.3 Å². The second kappa shape index (κ2) is 9.20. The molecule has 1 aliphatic rings. The van der Waals surface area contributed by atoms with Gasteiger partial charge in [-0.3, -0.25) is 9.59 Å². The van der Waals surface area contributed by atoms with Crippen LogP contribution < -0.4 is 10.6 Å². The van der Waals surface area contributed by atoms with Crippen molar-refractivity contribution in [1.82, 2.24) is 5.32 Å². The summed E-state index contributed by atoms with van der Waals surface area (Å²) >= 11 is 0. The first-order valence-electron chi connectivity index (χ1n) is 9.88. The van der Waals surface area contributed by atoms with Crippen molar-refractivity contribution in [3.8, 4) is 6.07 Å². The third kappa shape index (κ3) is 5.11. The van der Waals surface area contributed by atoms with Gasteiger partial charge >= 0.3 is 0 Å². The van der Waals surface area contributed by atoms with E-state index >= 15 is 0 Å². The Kier molecular flexibility index (Phi) is 6.46. The van der Waals surface area contributed by atoms with Gasteiger partial charge in [-0.05, 0) is 68.4 Å². The minimum atomic E-state index is -0.437. The molecule has 0 heterocycles. The van der Waals surface area contributed by atoms with Crippen molar-refractivity contribution in [3.63, 3.8) is 0 Å². The van der Waals surface area contributed by atoms with Crippen LogP contribution in [0.1, 0.15) is 59.8 Å². The van der Waals surface area contributed by atoms with Gasteiger partial charge in [0.2, 0.25) is 0 Å². The summed E-state index contributed by atoms with van der Waals surface area (Å²) in [5.74, 6) is -0.484. The molecule has 2 aromatic rings. The van der Waals surface area contributed by atoms with Crippen LogP contribution in [0.25, 0.3) is 0 Å². The molecule has 1 atom stereocenters. The average Bonchev–Trinajstić information content (AvgIpc) is 2.74. The van der Waals surface area contributed by atoms with E-state index in [1.807, 2.05) is 13.0 Å². The summed E-state index contributed by atoms with van der Waals surface area (Å²) in [5.41, 5.74) is 4.97. The molecule has 0 fully saturated rings. The first-order chi connectivity index (χ1) is 14.0. The Morgan fingerprint density at radius 3 is 2.59 bits per heavy atom. The number of Topliss-reactive ketones (excluding diaryl/α,β-unsaturated/α-hetero) is 1. The maximum atomic E-state index is 12.5. The van der Waals surface area contributed by atoms with Crippen molar-refractivity contribution < 1.29 is 9.59 Å². The van der Waals surface area contributed by atoms with Crippen LogP contribution in [0.3, 0.4) is 0 Å². The van der Waals surface area contributed by atoms with Gasteiger partial charge in [-0.15, -0.1) is 0 Å². The Bertz CT molecular complexity index is 1000. The number of hydrogen-bond donors (Lipinski definition) is 2. The number of fused-ring (bicyclic) bond motifs is 1. The van der Waals surface area contributed by atoms with Crippen LogP contribution in [-0.4, -0.2) is 11.7 Å². The van der Waals surface area contributed by atoms with E-state index in [0.717, 1.165) is 18.4 Å². The molecular weight excluding hydrogens is 362 g/mol. The summed E-state index contributed by atoms with van der Waals surface area (Å²) in [6.45, 7) is 3.41. The zero-order valence-electron chi connectivity index (χ0n) is 16.8. The maximum absolute atomic E-state index is 12.5. The van der Waals surface area contributed by atoms with Gasteiger partial charge in [0.05, 0.1) is 6.04 Å². The Hall–Kier alpha value is -3.39. The Morgan fingerprint density at radius 2 is 1.86 bits per heavy atom. The zero-order chi connectivity index (χ0) is 20.8. The van der Waals surface area contributed by atoms with Gasteiger partial charge < -0.3 is 10.6 Å². The highest BCUT2D eigenvalue weighted by atomic mass is 16.1. The fraction of sp³-hybridized carbons (Fsp3) is 0.292. The van der Waals surface area contributed by atoms with Crippen LogP contribution in [0.15, 0.2) is 54.2 Å². The number of ketones is 1. The third-order valence-electron chi connectivity index (χ3n) is 5.24. The number of nitrogens with zero attached hydrogens (tertiary/aromatic N) is 1. The molecule has 5 heteroatoms. The van der Waals surface area contributed by atoms with E-state index in [9.17, 15) is 14.9 Å². The number of carbonyl (C=O) groups excluding carboxylic acids is 2. The average molecular weight is 387 g/mol. The number of aryl methyl sites for hydroxylation is 2. The van der Waals surface area contributed by atoms with Crippen LogP contribution in [0.5, 0.6) is 0 Å². The van der Waals surface area contributed by atoms with E-state index in [0.29, 0.717) is 11.3 Å². The van der Waals surface area contributed by atoms with Crippen molar-refractivity contribution in [3.05, 3.63) is 76.5 Å². The van der Waals surface area contributed by atoms with Crippen LogP contribution in [0, 0.1) is 11.3 Å². The Labute approximate surface area is 171 Å². The highest BCUT2D eigenvalue weighted by molar-refractivity contribution is 5.98. The number of benzene rings is 2. The van der Waals surface area contributed by atoms with Crippen molar-refractivity contribution in [2.45, 2.75) is 45.6 Å². The summed E-state index contributed by atoms with van der Waals surface area (Å²) in [6.07, 6.45) is 6.01. The molecule has 0 spiro atoms. The smallest absolute Gasteiger partial charge is 0.263 e. The molecule has 1 aliphatic carbocycles. The number of hydrogen-bond acceptors (Lipinski definition) is 4. The molecule has 2 N–H and O–H groups in total. The summed E-state index contributed by atoms with van der Waals surface area (Å²) in [7, 11) is 0. The molecule has 1 amide bonds. The predicted molar refractivity (Wildman–Crippen MR) is 113 cm³/mol. The zero-order valence-corrected chi connectivity index (χ0v) is 16.8.